The van der Waals surface area contributed by atoms with E-state index in [1.807, 2.05) is 0 Å². The number of nitrogens with zero attached hydrogens (tertiary/aromatic N) is 1. The molecule has 24 heavy (non-hydrogen) atoms. The number of methoxy groups -OCH3 is 1. The molecule has 8 heteroatoms. The average Bonchev–Trinajstić information content (AvgIpc) is 2.55. The molecule has 0 spiro atoms. The third kappa shape index (κ3) is 4.15. The number of ether oxygens (including phenoxy) is 1. The van der Waals surface area contributed by atoms with Crippen LogP contribution in [0.15, 0.2) is 36.5 Å². The minimum absolute atomic E-state index is 0.0181. The van der Waals surface area contributed by atoms with E-state index in [-0.39, 0.29) is 18.0 Å². The zero-order valence-electron chi connectivity index (χ0n) is 12.7. The summed E-state index contributed by atoms with van der Waals surface area (Å²) in [4.78, 5) is 15.2. The van der Waals surface area contributed by atoms with Crippen molar-refractivity contribution >= 4 is 5.91 Å². The zero-order chi connectivity index (χ0) is 17.7. The van der Waals surface area contributed by atoms with Crippen molar-refractivity contribution in [2.45, 2.75) is 12.6 Å². The summed E-state index contributed by atoms with van der Waals surface area (Å²) < 4.78 is 43.5. The number of aromatic nitrogens is 1. The number of hydrogen-bond donors (Lipinski definition) is 2. The van der Waals surface area contributed by atoms with Crippen molar-refractivity contribution in [1.29, 1.82) is 0 Å². The van der Waals surface area contributed by atoms with E-state index in [1.54, 1.807) is 12.1 Å². The molecule has 0 aliphatic rings. The summed E-state index contributed by atoms with van der Waals surface area (Å²) in [7, 11) is 1.40. The maximum absolute atomic E-state index is 12.8. The average molecular weight is 340 g/mol. The molecule has 2 N–H and O–H groups in total. The van der Waals surface area contributed by atoms with Gasteiger partial charge in [-0.25, -0.2) is 0 Å². The van der Waals surface area contributed by atoms with Crippen molar-refractivity contribution in [3.05, 3.63) is 53.3 Å². The first-order valence-corrected chi connectivity index (χ1v) is 6.99. The summed E-state index contributed by atoms with van der Waals surface area (Å²) in [5.41, 5.74) is -0.978. The molecule has 0 fully saturated rings. The Hall–Kier alpha value is -2.77. The topological polar surface area (TPSA) is 71.5 Å². The van der Waals surface area contributed by atoms with Crippen molar-refractivity contribution in [3.63, 3.8) is 0 Å². The number of benzene rings is 1. The Kier molecular flexibility index (Phi) is 5.28. The predicted octanol–water partition coefficient (Wildman–Crippen LogP) is 2.79. The summed E-state index contributed by atoms with van der Waals surface area (Å²) in [5.74, 6) is -0.581. The molecule has 0 saturated heterocycles. The van der Waals surface area contributed by atoms with E-state index in [2.05, 4.69) is 10.3 Å². The number of rotatable bonds is 5. The number of phenolic OH excluding ortho intramolecular Hbond substituents is 1. The molecule has 1 amide bonds. The van der Waals surface area contributed by atoms with Gasteiger partial charge in [0.25, 0.3) is 5.91 Å². The van der Waals surface area contributed by atoms with Gasteiger partial charge in [-0.1, -0.05) is 6.07 Å². The van der Waals surface area contributed by atoms with Gasteiger partial charge >= 0.3 is 6.18 Å². The molecule has 1 aromatic carbocycles. The number of carbonyl (C=O) groups is 1. The standard InChI is InChI=1S/C16H15F3N2O3/c1-24-13-9-10(4-5-12(13)22)6-8-21-15(23)11-3-2-7-20-14(11)16(17,18)19/h2-5,7,9,22H,6,8H2,1H3,(H,21,23). The molecule has 1 aromatic heterocycles. The molecule has 1 heterocycles. The number of aromatic hydroxyl groups is 1. The molecule has 0 aliphatic carbocycles. The minimum atomic E-state index is -4.70. The first-order chi connectivity index (χ1) is 11.3. The zero-order valence-corrected chi connectivity index (χ0v) is 12.7. The fourth-order valence-corrected chi connectivity index (χ4v) is 2.11. The van der Waals surface area contributed by atoms with Crippen LogP contribution in [0.1, 0.15) is 21.6 Å². The monoisotopic (exact) mass is 340 g/mol. The third-order valence-electron chi connectivity index (χ3n) is 3.26. The van der Waals surface area contributed by atoms with Gasteiger partial charge in [0.1, 0.15) is 0 Å². The van der Waals surface area contributed by atoms with Gasteiger partial charge in [-0.3, -0.25) is 9.78 Å². The third-order valence-corrected chi connectivity index (χ3v) is 3.26. The summed E-state index contributed by atoms with van der Waals surface area (Å²) in [6, 6.07) is 7.02. The van der Waals surface area contributed by atoms with E-state index >= 15 is 0 Å². The first-order valence-electron chi connectivity index (χ1n) is 6.99. The Morgan fingerprint density at radius 3 is 2.75 bits per heavy atom. The number of pyridine rings is 1. The molecule has 128 valence electrons. The van der Waals surface area contributed by atoms with Crippen molar-refractivity contribution in [1.82, 2.24) is 10.3 Å². The van der Waals surface area contributed by atoms with Crippen molar-refractivity contribution < 1.29 is 27.8 Å². The van der Waals surface area contributed by atoms with Gasteiger partial charge in [0.05, 0.1) is 12.7 Å². The van der Waals surface area contributed by atoms with E-state index in [0.717, 1.165) is 17.8 Å². The summed E-state index contributed by atoms with van der Waals surface area (Å²) >= 11 is 0. The highest BCUT2D eigenvalue weighted by molar-refractivity contribution is 5.95. The van der Waals surface area contributed by atoms with E-state index in [4.69, 9.17) is 4.74 Å². The molecule has 2 rings (SSSR count). The molecule has 5 nitrogen and oxygen atoms in total. The van der Waals surface area contributed by atoms with Crippen LogP contribution >= 0.6 is 0 Å². The maximum atomic E-state index is 12.8. The highest BCUT2D eigenvalue weighted by atomic mass is 19.4. The Morgan fingerprint density at radius 2 is 2.08 bits per heavy atom. The lowest BCUT2D eigenvalue weighted by atomic mass is 10.1. The second kappa shape index (κ2) is 7.20. The lowest BCUT2D eigenvalue weighted by Crippen LogP contribution is -2.28. The van der Waals surface area contributed by atoms with Gasteiger partial charge in [-0.05, 0) is 36.2 Å². The number of nitrogens with one attached hydrogen (secondary N) is 1. The summed E-state index contributed by atoms with van der Waals surface area (Å²) in [5, 5.41) is 11.9. The Balaban J connectivity index is 2.02. The van der Waals surface area contributed by atoms with E-state index in [9.17, 15) is 23.1 Å². The van der Waals surface area contributed by atoms with E-state index < -0.39 is 23.3 Å². The number of hydrogen-bond acceptors (Lipinski definition) is 4. The molecule has 0 bridgehead atoms. The SMILES string of the molecule is COc1cc(CCNC(=O)c2cccnc2C(F)(F)F)ccc1O. The van der Waals surface area contributed by atoms with E-state index in [1.165, 1.54) is 19.2 Å². The van der Waals surface area contributed by atoms with Crippen molar-refractivity contribution in [2.24, 2.45) is 0 Å². The summed E-state index contributed by atoms with van der Waals surface area (Å²) in [6.07, 6.45) is -3.34. The van der Waals surface area contributed by atoms with Crippen LogP contribution in [0.2, 0.25) is 0 Å². The van der Waals surface area contributed by atoms with Crippen molar-refractivity contribution in [2.75, 3.05) is 13.7 Å². The fraction of sp³-hybridized carbons (Fsp3) is 0.250. The largest absolute Gasteiger partial charge is 0.504 e. The van der Waals surface area contributed by atoms with Crippen LogP contribution in [-0.4, -0.2) is 29.7 Å². The fourth-order valence-electron chi connectivity index (χ4n) is 2.11. The Bertz CT molecular complexity index is 733. The quantitative estimate of drug-likeness (QED) is 0.878. The summed E-state index contributed by atoms with van der Waals surface area (Å²) in [6.45, 7) is 0.124. The smallest absolute Gasteiger partial charge is 0.434 e. The number of amides is 1. The molecular weight excluding hydrogens is 325 g/mol. The number of alkyl halides is 3. The van der Waals surface area contributed by atoms with Crippen LogP contribution in [0, 0.1) is 0 Å². The maximum Gasteiger partial charge on any atom is 0.434 e. The number of phenols is 1. The first kappa shape index (κ1) is 17.6. The van der Waals surface area contributed by atoms with Gasteiger partial charge in [0, 0.05) is 12.7 Å². The molecule has 2 aromatic rings. The van der Waals surface area contributed by atoms with Gasteiger partial charge < -0.3 is 15.2 Å². The second-order valence-electron chi connectivity index (χ2n) is 4.91. The molecule has 0 saturated carbocycles. The van der Waals surface area contributed by atoms with Crippen LogP contribution in [0.3, 0.4) is 0 Å². The van der Waals surface area contributed by atoms with Gasteiger partial charge in [0.15, 0.2) is 17.2 Å². The highest BCUT2D eigenvalue weighted by Gasteiger charge is 2.36. The van der Waals surface area contributed by atoms with Crippen LogP contribution in [-0.2, 0) is 12.6 Å². The molecular formula is C16H15F3N2O3. The molecule has 0 aliphatic heterocycles. The Labute approximate surface area is 136 Å². The van der Waals surface area contributed by atoms with E-state index in [0.29, 0.717) is 6.42 Å². The van der Waals surface area contributed by atoms with Gasteiger partial charge in [0.2, 0.25) is 0 Å². The molecule has 0 radical (unpaired) electrons. The number of halogens is 3. The van der Waals surface area contributed by atoms with Crippen LogP contribution in [0.5, 0.6) is 11.5 Å². The van der Waals surface area contributed by atoms with Gasteiger partial charge in [-0.15, -0.1) is 0 Å². The normalized spacial score (nSPS) is 11.2. The van der Waals surface area contributed by atoms with Crippen LogP contribution in [0.4, 0.5) is 13.2 Å². The van der Waals surface area contributed by atoms with Crippen LogP contribution in [0.25, 0.3) is 0 Å². The predicted molar refractivity (Wildman–Crippen MR) is 79.9 cm³/mol. The Morgan fingerprint density at radius 1 is 1.33 bits per heavy atom. The van der Waals surface area contributed by atoms with Crippen LogP contribution < -0.4 is 10.1 Å². The lowest BCUT2D eigenvalue weighted by molar-refractivity contribution is -0.141. The lowest BCUT2D eigenvalue weighted by Gasteiger charge is -2.12. The van der Waals surface area contributed by atoms with Crippen molar-refractivity contribution in [3.8, 4) is 11.5 Å². The second-order valence-corrected chi connectivity index (χ2v) is 4.91. The highest BCUT2D eigenvalue weighted by Crippen LogP contribution is 2.30. The van der Waals surface area contributed by atoms with Gasteiger partial charge in [-0.2, -0.15) is 13.2 Å². The number of carbonyl (C=O) groups excluding carboxylic acids is 1. The molecule has 0 unspecified atom stereocenters. The minimum Gasteiger partial charge on any atom is -0.504 e. The molecule has 0 atom stereocenters.